The minimum Gasteiger partial charge on any atom is -0.492 e. The summed E-state index contributed by atoms with van der Waals surface area (Å²) in [5.74, 6) is -0.862. The van der Waals surface area contributed by atoms with Gasteiger partial charge in [-0.3, -0.25) is 4.79 Å². The molecule has 0 aliphatic carbocycles. The summed E-state index contributed by atoms with van der Waals surface area (Å²) in [7, 11) is 0. The number of aromatic hydroxyl groups is 1. The van der Waals surface area contributed by atoms with Gasteiger partial charge in [0.15, 0.2) is 5.69 Å². The van der Waals surface area contributed by atoms with Crippen LogP contribution in [0.2, 0.25) is 0 Å². The van der Waals surface area contributed by atoms with Crippen molar-refractivity contribution in [3.05, 3.63) is 30.0 Å². The van der Waals surface area contributed by atoms with E-state index in [-0.39, 0.29) is 11.6 Å². The Kier molecular flexibility index (Phi) is 1.78. The topological polar surface area (TPSA) is 89.1 Å². The molecule has 0 aliphatic heterocycles. The molecule has 5 heteroatoms. The van der Waals surface area contributed by atoms with Crippen LogP contribution in [0.5, 0.6) is 5.88 Å². The van der Waals surface area contributed by atoms with Crippen LogP contribution in [0.3, 0.4) is 0 Å². The zero-order valence-corrected chi connectivity index (χ0v) is 7.14. The molecule has 5 nitrogen and oxygen atoms in total. The Morgan fingerprint density at radius 3 is 2.50 bits per heavy atom. The molecule has 1 heterocycles. The number of nitrogens with two attached hydrogens (primary N) is 1. The van der Waals surface area contributed by atoms with Gasteiger partial charge in [0.25, 0.3) is 5.91 Å². The van der Waals surface area contributed by atoms with Gasteiger partial charge in [0.1, 0.15) is 0 Å². The zero-order valence-electron chi connectivity index (χ0n) is 7.14. The van der Waals surface area contributed by atoms with E-state index in [4.69, 9.17) is 5.73 Å². The van der Waals surface area contributed by atoms with E-state index in [0.717, 1.165) is 0 Å². The lowest BCUT2D eigenvalue weighted by Crippen LogP contribution is -2.14. The summed E-state index contributed by atoms with van der Waals surface area (Å²) in [5.41, 5.74) is 5.17. The van der Waals surface area contributed by atoms with Gasteiger partial charge in [-0.2, -0.15) is 0 Å². The highest BCUT2D eigenvalue weighted by Crippen LogP contribution is 2.22. The molecule has 14 heavy (non-hydrogen) atoms. The quantitative estimate of drug-likeness (QED) is 0.680. The molecule has 70 valence electrons. The molecule has 1 aromatic heterocycles. The highest BCUT2D eigenvalue weighted by molar-refractivity contribution is 6.05. The molecule has 1 amide bonds. The molecule has 1 aromatic carbocycles. The molecule has 0 aliphatic rings. The van der Waals surface area contributed by atoms with E-state index in [2.05, 4.69) is 10.2 Å². The van der Waals surface area contributed by atoms with Gasteiger partial charge >= 0.3 is 0 Å². The van der Waals surface area contributed by atoms with Crippen LogP contribution in [-0.4, -0.2) is 21.2 Å². The number of carbonyl (C=O) groups is 1. The molecule has 0 fully saturated rings. The van der Waals surface area contributed by atoms with Crippen molar-refractivity contribution in [2.75, 3.05) is 0 Å². The fourth-order valence-electron chi connectivity index (χ4n) is 1.27. The predicted octanol–water partition coefficient (Wildman–Crippen LogP) is 0.434. The first-order valence-corrected chi connectivity index (χ1v) is 3.94. The highest BCUT2D eigenvalue weighted by Gasteiger charge is 2.11. The Morgan fingerprint density at radius 2 is 1.86 bits per heavy atom. The van der Waals surface area contributed by atoms with Crippen molar-refractivity contribution in [3.8, 4) is 5.88 Å². The molecular formula is C9H7N3O2. The first-order chi connectivity index (χ1) is 6.70. The van der Waals surface area contributed by atoms with Gasteiger partial charge < -0.3 is 10.8 Å². The standard InChI is InChI=1S/C9H7N3O2/c10-8(13)7-5-3-1-2-4-6(5)9(14)12-11-7/h1-4H,(H2,10,13)(H,12,14). The third-order valence-electron chi connectivity index (χ3n) is 1.90. The largest absolute Gasteiger partial charge is 0.492 e. The third-order valence-corrected chi connectivity index (χ3v) is 1.90. The van der Waals surface area contributed by atoms with Crippen LogP contribution in [0.25, 0.3) is 10.8 Å². The van der Waals surface area contributed by atoms with Crippen molar-refractivity contribution in [1.29, 1.82) is 0 Å². The number of primary amides is 1. The van der Waals surface area contributed by atoms with Crippen LogP contribution in [0.4, 0.5) is 0 Å². The van der Waals surface area contributed by atoms with E-state index in [9.17, 15) is 9.90 Å². The smallest absolute Gasteiger partial charge is 0.269 e. The summed E-state index contributed by atoms with van der Waals surface area (Å²) in [6, 6.07) is 6.76. The lowest BCUT2D eigenvalue weighted by molar-refractivity contribution is 0.0996. The maximum atomic E-state index is 11.0. The van der Waals surface area contributed by atoms with Gasteiger partial charge in [-0.25, -0.2) is 0 Å². The van der Waals surface area contributed by atoms with Gasteiger partial charge in [-0.15, -0.1) is 10.2 Å². The van der Waals surface area contributed by atoms with E-state index >= 15 is 0 Å². The van der Waals surface area contributed by atoms with Crippen molar-refractivity contribution in [3.63, 3.8) is 0 Å². The lowest BCUT2D eigenvalue weighted by atomic mass is 10.1. The third kappa shape index (κ3) is 1.15. The molecule has 0 atom stereocenters. The first kappa shape index (κ1) is 8.43. The Bertz CT molecular complexity index is 510. The zero-order chi connectivity index (χ0) is 10.1. The summed E-state index contributed by atoms with van der Waals surface area (Å²) >= 11 is 0. The van der Waals surface area contributed by atoms with Gasteiger partial charge in [-0.1, -0.05) is 18.2 Å². The second kappa shape index (κ2) is 2.95. The van der Waals surface area contributed by atoms with Crippen LogP contribution in [0.1, 0.15) is 10.5 Å². The van der Waals surface area contributed by atoms with E-state index in [1.807, 2.05) is 0 Å². The van der Waals surface area contributed by atoms with Gasteiger partial charge in [0, 0.05) is 10.8 Å². The Balaban J connectivity index is 2.88. The van der Waals surface area contributed by atoms with Crippen molar-refractivity contribution >= 4 is 16.7 Å². The minimum atomic E-state index is -0.659. The lowest BCUT2D eigenvalue weighted by Gasteiger charge is -2.01. The van der Waals surface area contributed by atoms with Gasteiger partial charge in [0.2, 0.25) is 5.88 Å². The molecule has 0 saturated heterocycles. The molecule has 0 radical (unpaired) electrons. The SMILES string of the molecule is NC(=O)c1nnc(O)c2ccccc12. The molecule has 0 bridgehead atoms. The molecule has 2 rings (SSSR count). The molecular weight excluding hydrogens is 182 g/mol. The molecule has 3 N–H and O–H groups in total. The average molecular weight is 189 g/mol. The number of nitrogens with zero attached hydrogens (tertiary/aromatic N) is 2. The fraction of sp³-hybridized carbons (Fsp3) is 0. The van der Waals surface area contributed by atoms with Crippen molar-refractivity contribution < 1.29 is 9.90 Å². The summed E-state index contributed by atoms with van der Waals surface area (Å²) in [6.07, 6.45) is 0. The Morgan fingerprint density at radius 1 is 1.21 bits per heavy atom. The normalized spacial score (nSPS) is 10.3. The molecule has 2 aromatic rings. The summed E-state index contributed by atoms with van der Waals surface area (Å²) in [5, 5.41) is 17.3. The van der Waals surface area contributed by atoms with Crippen LogP contribution in [0, 0.1) is 0 Å². The summed E-state index contributed by atoms with van der Waals surface area (Å²) in [4.78, 5) is 11.0. The van der Waals surface area contributed by atoms with Crippen LogP contribution >= 0.6 is 0 Å². The van der Waals surface area contributed by atoms with Crippen molar-refractivity contribution in [2.24, 2.45) is 5.73 Å². The van der Waals surface area contributed by atoms with Crippen LogP contribution < -0.4 is 5.73 Å². The Hall–Kier alpha value is -2.17. The van der Waals surface area contributed by atoms with E-state index in [0.29, 0.717) is 10.8 Å². The van der Waals surface area contributed by atoms with Gasteiger partial charge in [-0.05, 0) is 6.07 Å². The van der Waals surface area contributed by atoms with E-state index in [1.165, 1.54) is 0 Å². The average Bonchev–Trinajstić information content (AvgIpc) is 2.18. The molecule has 0 spiro atoms. The number of benzene rings is 1. The predicted molar refractivity (Wildman–Crippen MR) is 49.7 cm³/mol. The van der Waals surface area contributed by atoms with Crippen molar-refractivity contribution in [2.45, 2.75) is 0 Å². The van der Waals surface area contributed by atoms with Gasteiger partial charge in [0.05, 0.1) is 0 Å². The number of hydrogen-bond donors (Lipinski definition) is 2. The molecule has 0 saturated carbocycles. The maximum absolute atomic E-state index is 11.0. The number of rotatable bonds is 1. The van der Waals surface area contributed by atoms with Crippen LogP contribution in [-0.2, 0) is 0 Å². The first-order valence-electron chi connectivity index (χ1n) is 3.94. The van der Waals surface area contributed by atoms with E-state index in [1.54, 1.807) is 24.3 Å². The highest BCUT2D eigenvalue weighted by atomic mass is 16.3. The second-order valence-electron chi connectivity index (χ2n) is 2.78. The summed E-state index contributed by atoms with van der Waals surface area (Å²) in [6.45, 7) is 0. The number of carbonyl (C=O) groups excluding carboxylic acids is 1. The Labute approximate surface area is 79.2 Å². The fourth-order valence-corrected chi connectivity index (χ4v) is 1.27. The second-order valence-corrected chi connectivity index (χ2v) is 2.78. The number of aromatic nitrogens is 2. The number of fused-ring (bicyclic) bond motifs is 1. The number of amides is 1. The minimum absolute atomic E-state index is 0.0680. The monoisotopic (exact) mass is 189 g/mol. The maximum Gasteiger partial charge on any atom is 0.269 e. The molecule has 0 unspecified atom stereocenters. The van der Waals surface area contributed by atoms with Crippen LogP contribution in [0.15, 0.2) is 24.3 Å². The summed E-state index contributed by atoms with van der Waals surface area (Å²) < 4.78 is 0. The van der Waals surface area contributed by atoms with Crippen molar-refractivity contribution in [1.82, 2.24) is 10.2 Å². The van der Waals surface area contributed by atoms with E-state index < -0.39 is 5.91 Å². The number of hydrogen-bond acceptors (Lipinski definition) is 4.